The van der Waals surface area contributed by atoms with Crippen molar-refractivity contribution in [3.05, 3.63) is 52.7 Å². The van der Waals surface area contributed by atoms with Crippen molar-refractivity contribution in [2.45, 2.75) is 58.5 Å². The molecule has 0 spiro atoms. The zero-order valence-corrected chi connectivity index (χ0v) is 17.6. The maximum atomic E-state index is 13.0. The summed E-state index contributed by atoms with van der Waals surface area (Å²) in [6.45, 7) is 4.33. The van der Waals surface area contributed by atoms with E-state index < -0.39 is 11.8 Å². The molecule has 2 aromatic rings. The molecule has 4 rings (SSSR count). The van der Waals surface area contributed by atoms with Gasteiger partial charge in [-0.15, -0.1) is 0 Å². The summed E-state index contributed by atoms with van der Waals surface area (Å²) in [7, 11) is 0. The molecule has 0 unspecified atom stereocenters. The molecule has 152 valence electrons. The SMILES string of the molecule is Cc1cc(/C=C2/C(=O)NC(=S)N(Cc3ccco3)C2=O)c(C)n1C1CCCCC1. The lowest BCUT2D eigenvalue weighted by Crippen LogP contribution is -2.53. The van der Waals surface area contributed by atoms with Crippen LogP contribution in [0.4, 0.5) is 0 Å². The Morgan fingerprint density at radius 2 is 2.00 bits per heavy atom. The molecule has 2 fully saturated rings. The molecular weight excluding hydrogens is 386 g/mol. The van der Waals surface area contributed by atoms with E-state index in [0.717, 1.165) is 17.0 Å². The lowest BCUT2D eigenvalue weighted by atomic mass is 9.95. The number of hydrogen-bond donors (Lipinski definition) is 1. The normalized spacial score (nSPS) is 19.9. The van der Waals surface area contributed by atoms with Crippen LogP contribution in [0.25, 0.3) is 6.08 Å². The molecule has 0 bridgehead atoms. The molecule has 1 saturated carbocycles. The Labute approximate surface area is 175 Å². The van der Waals surface area contributed by atoms with Gasteiger partial charge in [-0.25, -0.2) is 0 Å². The molecule has 1 aliphatic carbocycles. The van der Waals surface area contributed by atoms with Crippen LogP contribution in [0, 0.1) is 13.8 Å². The molecule has 2 aliphatic rings. The van der Waals surface area contributed by atoms with Gasteiger partial charge in [-0.2, -0.15) is 0 Å². The van der Waals surface area contributed by atoms with Gasteiger partial charge in [-0.3, -0.25) is 19.8 Å². The summed E-state index contributed by atoms with van der Waals surface area (Å²) < 4.78 is 7.69. The zero-order valence-electron chi connectivity index (χ0n) is 16.7. The molecule has 1 saturated heterocycles. The lowest BCUT2D eigenvalue weighted by Gasteiger charge is -2.28. The van der Waals surface area contributed by atoms with Crippen LogP contribution >= 0.6 is 12.2 Å². The Balaban J connectivity index is 1.65. The minimum absolute atomic E-state index is 0.0917. The van der Waals surface area contributed by atoms with Gasteiger partial charge in [0.05, 0.1) is 12.8 Å². The summed E-state index contributed by atoms with van der Waals surface area (Å²) in [5.41, 5.74) is 3.24. The van der Waals surface area contributed by atoms with Crippen molar-refractivity contribution >= 4 is 35.2 Å². The Kier molecular flexibility index (Phi) is 5.41. The minimum atomic E-state index is -0.460. The van der Waals surface area contributed by atoms with E-state index >= 15 is 0 Å². The molecule has 6 nitrogen and oxygen atoms in total. The van der Waals surface area contributed by atoms with Gasteiger partial charge < -0.3 is 8.98 Å². The first-order valence-electron chi connectivity index (χ1n) is 10.1. The quantitative estimate of drug-likeness (QED) is 0.469. The van der Waals surface area contributed by atoms with E-state index in [-0.39, 0.29) is 17.2 Å². The summed E-state index contributed by atoms with van der Waals surface area (Å²) in [5.74, 6) is -0.262. The van der Waals surface area contributed by atoms with Gasteiger partial charge in [0.1, 0.15) is 11.3 Å². The first kappa shape index (κ1) is 19.6. The van der Waals surface area contributed by atoms with Gasteiger partial charge in [-0.05, 0) is 68.7 Å². The Hall–Kier alpha value is -2.67. The number of aryl methyl sites for hydroxylation is 1. The topological polar surface area (TPSA) is 67.5 Å². The largest absolute Gasteiger partial charge is 0.467 e. The Morgan fingerprint density at radius 1 is 1.24 bits per heavy atom. The standard InChI is InChI=1S/C22H25N3O3S/c1-14-11-16(15(2)25(14)17-7-4-3-5-8-17)12-19-20(26)23-22(29)24(21(19)27)13-18-9-6-10-28-18/h6,9-12,17H,3-5,7-8,13H2,1-2H3,(H,23,26,29)/b19-12-. The van der Waals surface area contributed by atoms with E-state index in [9.17, 15) is 9.59 Å². The van der Waals surface area contributed by atoms with Crippen molar-refractivity contribution in [1.29, 1.82) is 0 Å². The van der Waals surface area contributed by atoms with Crippen molar-refractivity contribution in [2.75, 3.05) is 0 Å². The fourth-order valence-corrected chi connectivity index (χ4v) is 4.64. The monoisotopic (exact) mass is 411 g/mol. The van der Waals surface area contributed by atoms with Crippen molar-refractivity contribution in [3.63, 3.8) is 0 Å². The number of nitrogens with zero attached hydrogens (tertiary/aromatic N) is 2. The van der Waals surface area contributed by atoms with Gasteiger partial charge >= 0.3 is 0 Å². The third-order valence-electron chi connectivity index (χ3n) is 5.84. The van der Waals surface area contributed by atoms with Crippen molar-refractivity contribution < 1.29 is 14.0 Å². The first-order valence-corrected chi connectivity index (χ1v) is 10.5. The molecule has 3 heterocycles. The third-order valence-corrected chi connectivity index (χ3v) is 6.17. The van der Waals surface area contributed by atoms with E-state index in [2.05, 4.69) is 29.8 Å². The summed E-state index contributed by atoms with van der Waals surface area (Å²) >= 11 is 5.21. The highest BCUT2D eigenvalue weighted by molar-refractivity contribution is 7.80. The number of rotatable bonds is 4. The summed E-state index contributed by atoms with van der Waals surface area (Å²) in [5, 5.41) is 2.73. The maximum Gasteiger partial charge on any atom is 0.266 e. The molecule has 1 N–H and O–H groups in total. The molecule has 7 heteroatoms. The van der Waals surface area contributed by atoms with Crippen LogP contribution < -0.4 is 5.32 Å². The minimum Gasteiger partial charge on any atom is -0.467 e. The second kappa shape index (κ2) is 7.99. The lowest BCUT2D eigenvalue weighted by molar-refractivity contribution is -0.129. The number of thiocarbonyl (C=S) groups is 1. The van der Waals surface area contributed by atoms with Crippen molar-refractivity contribution in [2.24, 2.45) is 0 Å². The maximum absolute atomic E-state index is 13.0. The van der Waals surface area contributed by atoms with Crippen LogP contribution in [0.5, 0.6) is 0 Å². The predicted molar refractivity (Wildman–Crippen MR) is 114 cm³/mol. The van der Waals surface area contributed by atoms with Crippen molar-refractivity contribution in [1.82, 2.24) is 14.8 Å². The van der Waals surface area contributed by atoms with E-state index in [1.807, 2.05) is 0 Å². The molecule has 29 heavy (non-hydrogen) atoms. The average molecular weight is 412 g/mol. The number of furan rings is 1. The van der Waals surface area contributed by atoms with E-state index in [1.54, 1.807) is 24.5 Å². The third kappa shape index (κ3) is 3.79. The molecule has 0 aromatic carbocycles. The number of aromatic nitrogens is 1. The van der Waals surface area contributed by atoms with E-state index in [1.165, 1.54) is 37.0 Å². The fourth-order valence-electron chi connectivity index (χ4n) is 4.40. The highest BCUT2D eigenvalue weighted by Crippen LogP contribution is 2.33. The number of hydrogen-bond acceptors (Lipinski definition) is 4. The smallest absolute Gasteiger partial charge is 0.266 e. The zero-order chi connectivity index (χ0) is 20.5. The van der Waals surface area contributed by atoms with Gasteiger partial charge in [0, 0.05) is 17.4 Å². The van der Waals surface area contributed by atoms with Crippen LogP contribution in [0.2, 0.25) is 0 Å². The number of amides is 2. The summed E-state index contributed by atoms with van der Waals surface area (Å²) in [6, 6.07) is 6.08. The number of carbonyl (C=O) groups is 2. The van der Waals surface area contributed by atoms with E-state index in [4.69, 9.17) is 16.6 Å². The van der Waals surface area contributed by atoms with Crippen molar-refractivity contribution in [3.8, 4) is 0 Å². The second-order valence-electron chi connectivity index (χ2n) is 7.78. The molecule has 2 amide bonds. The van der Waals surface area contributed by atoms with Crippen LogP contribution in [-0.4, -0.2) is 26.4 Å². The van der Waals surface area contributed by atoms with Gasteiger partial charge in [0.15, 0.2) is 5.11 Å². The molecule has 0 radical (unpaired) electrons. The number of nitrogens with one attached hydrogen (secondary N) is 1. The van der Waals surface area contributed by atoms with E-state index in [0.29, 0.717) is 11.8 Å². The Morgan fingerprint density at radius 3 is 2.69 bits per heavy atom. The first-order chi connectivity index (χ1) is 14.0. The van der Waals surface area contributed by atoms with Crippen LogP contribution in [0.3, 0.4) is 0 Å². The predicted octanol–water partition coefficient (Wildman–Crippen LogP) is 4.03. The van der Waals surface area contributed by atoms with Crippen LogP contribution in [0.1, 0.15) is 60.9 Å². The van der Waals surface area contributed by atoms with Gasteiger partial charge in [0.2, 0.25) is 0 Å². The van der Waals surface area contributed by atoms with Crippen LogP contribution in [-0.2, 0) is 16.1 Å². The summed E-state index contributed by atoms with van der Waals surface area (Å²) in [6.07, 6.45) is 9.38. The fraction of sp³-hybridized carbons (Fsp3) is 0.409. The second-order valence-corrected chi connectivity index (χ2v) is 8.16. The molecule has 0 atom stereocenters. The molecule has 1 aliphatic heterocycles. The highest BCUT2D eigenvalue weighted by Gasteiger charge is 2.34. The number of carbonyl (C=O) groups excluding carboxylic acids is 2. The highest BCUT2D eigenvalue weighted by atomic mass is 32.1. The summed E-state index contributed by atoms with van der Waals surface area (Å²) in [4.78, 5) is 26.9. The Bertz CT molecular complexity index is 981. The molecular formula is C22H25N3O3S. The molecule has 2 aromatic heterocycles. The van der Waals surface area contributed by atoms with Gasteiger partial charge in [0.25, 0.3) is 11.8 Å². The van der Waals surface area contributed by atoms with Crippen LogP contribution in [0.15, 0.2) is 34.5 Å². The average Bonchev–Trinajstić information content (AvgIpc) is 3.30. The van der Waals surface area contributed by atoms with Gasteiger partial charge in [-0.1, -0.05) is 19.3 Å².